The zero-order chi connectivity index (χ0) is 20.0. The molecule has 146 valence electrons. The van der Waals surface area contributed by atoms with E-state index in [0.29, 0.717) is 13.1 Å². The first-order valence-corrected chi connectivity index (χ1v) is 9.11. The molecule has 0 aliphatic heterocycles. The molecule has 7 heteroatoms. The lowest BCUT2D eigenvalue weighted by molar-refractivity contribution is -0.141. The SMILES string of the molecule is CCN(Cc1ccc(N(C)C)cc1)C(=O)CN(C)C(=O)[C@H](C)n1cccn1. The second kappa shape index (κ2) is 9.21. The van der Waals surface area contributed by atoms with Crippen molar-refractivity contribution in [2.45, 2.75) is 26.4 Å². The smallest absolute Gasteiger partial charge is 0.247 e. The Morgan fingerprint density at radius 3 is 2.33 bits per heavy atom. The van der Waals surface area contributed by atoms with Gasteiger partial charge in [0.25, 0.3) is 0 Å². The van der Waals surface area contributed by atoms with E-state index in [2.05, 4.69) is 5.10 Å². The van der Waals surface area contributed by atoms with Gasteiger partial charge in [0, 0.05) is 52.3 Å². The number of nitrogens with zero attached hydrogens (tertiary/aromatic N) is 5. The fourth-order valence-corrected chi connectivity index (χ4v) is 2.82. The topological polar surface area (TPSA) is 61.7 Å². The maximum absolute atomic E-state index is 12.7. The molecule has 2 aromatic rings. The molecule has 0 aliphatic rings. The number of aromatic nitrogens is 2. The van der Waals surface area contributed by atoms with Crippen molar-refractivity contribution in [1.82, 2.24) is 19.6 Å². The van der Waals surface area contributed by atoms with Gasteiger partial charge in [0.15, 0.2) is 0 Å². The maximum atomic E-state index is 12.7. The zero-order valence-electron chi connectivity index (χ0n) is 16.8. The first-order chi connectivity index (χ1) is 12.8. The minimum atomic E-state index is -0.438. The first-order valence-electron chi connectivity index (χ1n) is 9.11. The molecule has 7 nitrogen and oxygen atoms in total. The predicted molar refractivity (Wildman–Crippen MR) is 106 cm³/mol. The zero-order valence-corrected chi connectivity index (χ0v) is 16.8. The van der Waals surface area contributed by atoms with Crippen LogP contribution >= 0.6 is 0 Å². The molecule has 0 radical (unpaired) electrons. The third-order valence-corrected chi connectivity index (χ3v) is 4.59. The van der Waals surface area contributed by atoms with Crippen LogP contribution < -0.4 is 4.90 Å². The lowest BCUT2D eigenvalue weighted by Gasteiger charge is -2.26. The van der Waals surface area contributed by atoms with Gasteiger partial charge in [-0.15, -0.1) is 0 Å². The largest absolute Gasteiger partial charge is 0.378 e. The molecule has 0 saturated heterocycles. The number of carbonyl (C=O) groups excluding carboxylic acids is 2. The number of hydrogen-bond donors (Lipinski definition) is 0. The average Bonchev–Trinajstić information content (AvgIpc) is 3.19. The minimum absolute atomic E-state index is 0.0497. The number of rotatable bonds is 8. The lowest BCUT2D eigenvalue weighted by Crippen LogP contribution is -2.42. The van der Waals surface area contributed by atoms with E-state index in [-0.39, 0.29) is 18.4 Å². The lowest BCUT2D eigenvalue weighted by atomic mass is 10.2. The van der Waals surface area contributed by atoms with Crippen LogP contribution in [0.4, 0.5) is 5.69 Å². The van der Waals surface area contributed by atoms with E-state index in [1.165, 1.54) is 4.90 Å². The Hall–Kier alpha value is -2.83. The average molecular weight is 371 g/mol. The maximum Gasteiger partial charge on any atom is 0.247 e. The van der Waals surface area contributed by atoms with Gasteiger partial charge in [-0.3, -0.25) is 14.3 Å². The summed E-state index contributed by atoms with van der Waals surface area (Å²) in [5.74, 6) is -0.212. The number of benzene rings is 1. The number of hydrogen-bond acceptors (Lipinski definition) is 4. The number of likely N-dealkylation sites (N-methyl/N-ethyl adjacent to an activating group) is 2. The molecule has 27 heavy (non-hydrogen) atoms. The molecule has 0 unspecified atom stereocenters. The van der Waals surface area contributed by atoms with Gasteiger partial charge < -0.3 is 14.7 Å². The quantitative estimate of drug-likeness (QED) is 0.712. The highest BCUT2D eigenvalue weighted by atomic mass is 16.2. The summed E-state index contributed by atoms with van der Waals surface area (Å²) in [6.45, 7) is 4.89. The molecule has 0 N–H and O–H groups in total. The summed E-state index contributed by atoms with van der Waals surface area (Å²) in [6.07, 6.45) is 3.38. The molecule has 0 saturated carbocycles. The van der Waals surface area contributed by atoms with Gasteiger partial charge in [-0.05, 0) is 37.6 Å². The van der Waals surface area contributed by atoms with Gasteiger partial charge in [-0.2, -0.15) is 5.10 Å². The fraction of sp³-hybridized carbons (Fsp3) is 0.450. The van der Waals surface area contributed by atoms with Crippen molar-refractivity contribution in [3.8, 4) is 0 Å². The van der Waals surface area contributed by atoms with E-state index in [4.69, 9.17) is 0 Å². The molecule has 1 atom stereocenters. The third-order valence-electron chi connectivity index (χ3n) is 4.59. The van der Waals surface area contributed by atoms with Crippen molar-refractivity contribution < 1.29 is 9.59 Å². The van der Waals surface area contributed by atoms with E-state index in [1.807, 2.05) is 50.2 Å². The Kier molecular flexibility index (Phi) is 6.98. The molecule has 1 aromatic carbocycles. The van der Waals surface area contributed by atoms with Crippen LogP contribution in [0.5, 0.6) is 0 Å². The van der Waals surface area contributed by atoms with Crippen molar-refractivity contribution in [1.29, 1.82) is 0 Å². The Balaban J connectivity index is 1.96. The molecule has 0 aliphatic carbocycles. The van der Waals surface area contributed by atoms with E-state index >= 15 is 0 Å². The molecule has 2 amide bonds. The Morgan fingerprint density at radius 2 is 1.81 bits per heavy atom. The van der Waals surface area contributed by atoms with Crippen LogP contribution in [0.3, 0.4) is 0 Å². The molecule has 1 aromatic heterocycles. The molecular weight excluding hydrogens is 342 g/mol. The summed E-state index contributed by atoms with van der Waals surface area (Å²) in [7, 11) is 5.64. The summed E-state index contributed by atoms with van der Waals surface area (Å²) in [5.41, 5.74) is 2.18. The monoisotopic (exact) mass is 371 g/mol. The molecule has 2 rings (SSSR count). The molecule has 0 bridgehead atoms. The minimum Gasteiger partial charge on any atom is -0.378 e. The highest BCUT2D eigenvalue weighted by Crippen LogP contribution is 2.14. The van der Waals surface area contributed by atoms with Gasteiger partial charge >= 0.3 is 0 Å². The summed E-state index contributed by atoms with van der Waals surface area (Å²) >= 11 is 0. The van der Waals surface area contributed by atoms with Gasteiger partial charge in [-0.1, -0.05) is 12.1 Å². The molecule has 0 spiro atoms. The highest BCUT2D eigenvalue weighted by molar-refractivity contribution is 5.86. The standard InChI is InChI=1S/C20H29N5O2/c1-6-24(14-17-8-10-18(11-9-17)22(3)4)19(26)15-23(5)20(27)16(2)25-13-7-12-21-25/h7-13,16H,6,14-15H2,1-5H3/t16-/m0/s1. The fourth-order valence-electron chi connectivity index (χ4n) is 2.82. The van der Waals surface area contributed by atoms with Crippen molar-refractivity contribution in [2.24, 2.45) is 0 Å². The van der Waals surface area contributed by atoms with Crippen molar-refractivity contribution in [2.75, 3.05) is 39.1 Å². The van der Waals surface area contributed by atoms with Gasteiger partial charge in [0.2, 0.25) is 11.8 Å². The Bertz CT molecular complexity index is 740. The van der Waals surface area contributed by atoms with Crippen molar-refractivity contribution >= 4 is 17.5 Å². The normalized spacial score (nSPS) is 11.7. The van der Waals surface area contributed by atoms with Gasteiger partial charge in [0.1, 0.15) is 6.04 Å². The van der Waals surface area contributed by atoms with Crippen LogP contribution in [0.25, 0.3) is 0 Å². The second-order valence-electron chi connectivity index (χ2n) is 6.83. The van der Waals surface area contributed by atoms with Crippen LogP contribution in [-0.4, -0.2) is 65.6 Å². The number of carbonyl (C=O) groups is 2. The molecular formula is C20H29N5O2. The van der Waals surface area contributed by atoms with E-state index in [1.54, 1.807) is 42.0 Å². The number of anilines is 1. The number of amides is 2. The predicted octanol–water partition coefficient (Wildman–Crippen LogP) is 2.02. The summed E-state index contributed by atoms with van der Waals surface area (Å²) in [6, 6.07) is 9.46. The van der Waals surface area contributed by atoms with Crippen LogP contribution in [0, 0.1) is 0 Å². The van der Waals surface area contributed by atoms with E-state index in [9.17, 15) is 9.59 Å². The molecule has 1 heterocycles. The summed E-state index contributed by atoms with van der Waals surface area (Å²) in [5, 5.41) is 4.10. The first kappa shape index (κ1) is 20.5. The highest BCUT2D eigenvalue weighted by Gasteiger charge is 2.23. The third kappa shape index (κ3) is 5.32. The van der Waals surface area contributed by atoms with E-state index in [0.717, 1.165) is 11.3 Å². The van der Waals surface area contributed by atoms with Crippen LogP contribution in [0.1, 0.15) is 25.5 Å². The van der Waals surface area contributed by atoms with Crippen molar-refractivity contribution in [3.63, 3.8) is 0 Å². The Labute approximate surface area is 161 Å². The second-order valence-corrected chi connectivity index (χ2v) is 6.83. The van der Waals surface area contributed by atoms with Crippen LogP contribution in [-0.2, 0) is 16.1 Å². The van der Waals surface area contributed by atoms with Gasteiger partial charge in [0.05, 0.1) is 6.54 Å². The summed E-state index contributed by atoms with van der Waals surface area (Å²) < 4.78 is 1.59. The van der Waals surface area contributed by atoms with E-state index < -0.39 is 6.04 Å². The summed E-state index contributed by atoms with van der Waals surface area (Å²) in [4.78, 5) is 30.5. The molecule has 0 fully saturated rings. The van der Waals surface area contributed by atoms with Crippen molar-refractivity contribution in [3.05, 3.63) is 48.3 Å². The van der Waals surface area contributed by atoms with Crippen LogP contribution in [0.2, 0.25) is 0 Å². The van der Waals surface area contributed by atoms with Crippen LogP contribution in [0.15, 0.2) is 42.7 Å². The van der Waals surface area contributed by atoms with Gasteiger partial charge in [-0.25, -0.2) is 0 Å². The Morgan fingerprint density at radius 1 is 1.15 bits per heavy atom.